The van der Waals surface area contributed by atoms with Crippen LogP contribution in [0.1, 0.15) is 0 Å². The molecule has 0 aliphatic rings. The summed E-state index contributed by atoms with van der Waals surface area (Å²) in [5.41, 5.74) is 10.7. The van der Waals surface area contributed by atoms with Gasteiger partial charge >= 0.3 is 6.03 Å². The lowest BCUT2D eigenvalue weighted by molar-refractivity contribution is -0.117. The van der Waals surface area contributed by atoms with Crippen LogP contribution in [0.25, 0.3) is 0 Å². The number of carbonyl (C=O) groups excluding carboxylic acids is 2. The number of benzene rings is 1. The predicted molar refractivity (Wildman–Crippen MR) is 82.9 cm³/mol. The lowest BCUT2D eigenvalue weighted by Crippen LogP contribution is -2.35. The van der Waals surface area contributed by atoms with Gasteiger partial charge in [-0.2, -0.15) is 15.0 Å². The number of amides is 3. The second-order valence-electron chi connectivity index (χ2n) is 4.11. The second kappa shape index (κ2) is 7.35. The molecule has 0 spiro atoms. The molecule has 11 heteroatoms. The predicted octanol–water partition coefficient (Wildman–Crippen LogP) is 0.615. The highest BCUT2D eigenvalue weighted by Gasteiger charge is 2.12. The summed E-state index contributed by atoms with van der Waals surface area (Å²) in [6.07, 6.45) is 0. The maximum absolute atomic E-state index is 13.4. The molecule has 1 aromatic heterocycles. The smallest absolute Gasteiger partial charge is 0.325 e. The zero-order valence-corrected chi connectivity index (χ0v) is 12.4. The number of urea groups is 1. The first-order chi connectivity index (χ1) is 10.9. The molecule has 0 bridgehead atoms. The second-order valence-corrected chi connectivity index (χ2v) is 5.05. The molecule has 0 fully saturated rings. The van der Waals surface area contributed by atoms with Crippen molar-refractivity contribution in [2.24, 2.45) is 0 Å². The highest BCUT2D eigenvalue weighted by Crippen LogP contribution is 2.14. The summed E-state index contributed by atoms with van der Waals surface area (Å²) in [6, 6.07) is 4.72. The molecule has 2 rings (SSSR count). The Bertz CT molecular complexity index is 723. The standard InChI is InChI=1S/C12H12FN7O2S/c13-6-3-1-2-4-7(6)16-11(22)17-8(21)5-23-12-19-9(14)18-10(15)20-12/h1-4H,5H2,(H2,16,17,21,22)(H4,14,15,18,19,20). The number of halogens is 1. The van der Waals surface area contributed by atoms with Crippen molar-refractivity contribution < 1.29 is 14.0 Å². The minimum Gasteiger partial charge on any atom is -0.368 e. The number of thioether (sulfide) groups is 1. The first-order valence-electron chi connectivity index (χ1n) is 6.19. The van der Waals surface area contributed by atoms with Crippen LogP contribution in [0, 0.1) is 5.82 Å². The van der Waals surface area contributed by atoms with Gasteiger partial charge in [0.15, 0.2) is 5.16 Å². The summed E-state index contributed by atoms with van der Waals surface area (Å²) >= 11 is 0.920. The molecule has 2 aromatic rings. The van der Waals surface area contributed by atoms with Gasteiger partial charge in [-0.1, -0.05) is 23.9 Å². The van der Waals surface area contributed by atoms with Gasteiger partial charge in [0, 0.05) is 0 Å². The van der Waals surface area contributed by atoms with Crippen molar-refractivity contribution in [3.63, 3.8) is 0 Å². The van der Waals surface area contributed by atoms with E-state index in [1.807, 2.05) is 5.32 Å². The van der Waals surface area contributed by atoms with Gasteiger partial charge < -0.3 is 16.8 Å². The van der Waals surface area contributed by atoms with Crippen molar-refractivity contribution in [1.82, 2.24) is 20.3 Å². The Kier molecular flexibility index (Phi) is 5.25. The van der Waals surface area contributed by atoms with Crippen LogP contribution in [0.4, 0.5) is 26.8 Å². The lowest BCUT2D eigenvalue weighted by atomic mass is 10.3. The molecule has 3 amide bonds. The fourth-order valence-electron chi connectivity index (χ4n) is 1.46. The number of anilines is 3. The van der Waals surface area contributed by atoms with Gasteiger partial charge in [0.05, 0.1) is 11.4 Å². The Balaban J connectivity index is 1.84. The molecule has 0 atom stereocenters. The first kappa shape index (κ1) is 16.4. The van der Waals surface area contributed by atoms with E-state index in [1.54, 1.807) is 6.07 Å². The Morgan fingerprint density at radius 1 is 1.13 bits per heavy atom. The molecular formula is C12H12FN7O2S. The molecule has 0 radical (unpaired) electrons. The fraction of sp³-hybridized carbons (Fsp3) is 0.0833. The van der Waals surface area contributed by atoms with E-state index in [0.717, 1.165) is 11.8 Å². The third kappa shape index (κ3) is 5.07. The summed E-state index contributed by atoms with van der Waals surface area (Å²) < 4.78 is 13.4. The number of hydrogen-bond donors (Lipinski definition) is 4. The van der Waals surface area contributed by atoms with E-state index < -0.39 is 17.8 Å². The van der Waals surface area contributed by atoms with Crippen LogP contribution in [-0.2, 0) is 4.79 Å². The third-order valence-electron chi connectivity index (χ3n) is 2.36. The molecule has 9 nitrogen and oxygen atoms in total. The van der Waals surface area contributed by atoms with Crippen LogP contribution < -0.4 is 22.1 Å². The number of nitrogen functional groups attached to an aromatic ring is 2. The van der Waals surface area contributed by atoms with Gasteiger partial charge in [0.2, 0.25) is 17.8 Å². The van der Waals surface area contributed by atoms with E-state index in [-0.39, 0.29) is 28.5 Å². The van der Waals surface area contributed by atoms with E-state index in [0.29, 0.717) is 0 Å². The van der Waals surface area contributed by atoms with Crippen molar-refractivity contribution >= 4 is 41.3 Å². The van der Waals surface area contributed by atoms with E-state index in [9.17, 15) is 14.0 Å². The molecule has 0 aliphatic heterocycles. The molecule has 1 heterocycles. The number of hydrogen-bond acceptors (Lipinski definition) is 8. The van der Waals surface area contributed by atoms with Crippen molar-refractivity contribution in [2.45, 2.75) is 5.16 Å². The Hall–Kier alpha value is -2.95. The minimum absolute atomic E-state index is 0.0385. The first-order valence-corrected chi connectivity index (χ1v) is 7.18. The molecule has 0 aliphatic carbocycles. The highest BCUT2D eigenvalue weighted by atomic mass is 32.2. The van der Waals surface area contributed by atoms with Gasteiger partial charge in [0.25, 0.3) is 0 Å². The Morgan fingerprint density at radius 2 is 1.78 bits per heavy atom. The average Bonchev–Trinajstić information content (AvgIpc) is 2.46. The van der Waals surface area contributed by atoms with Crippen molar-refractivity contribution in [2.75, 3.05) is 22.5 Å². The van der Waals surface area contributed by atoms with E-state index in [1.165, 1.54) is 18.2 Å². The molecule has 0 saturated heterocycles. The largest absolute Gasteiger partial charge is 0.368 e. The number of nitrogens with one attached hydrogen (secondary N) is 2. The summed E-state index contributed by atoms with van der Waals surface area (Å²) in [4.78, 5) is 34.4. The number of carbonyl (C=O) groups is 2. The minimum atomic E-state index is -0.852. The summed E-state index contributed by atoms with van der Waals surface area (Å²) in [7, 11) is 0. The number of nitrogens with two attached hydrogens (primary N) is 2. The molecule has 6 N–H and O–H groups in total. The zero-order chi connectivity index (χ0) is 16.8. The Morgan fingerprint density at radius 3 is 2.43 bits per heavy atom. The average molecular weight is 337 g/mol. The van der Waals surface area contributed by atoms with Crippen LogP contribution in [0.15, 0.2) is 29.4 Å². The topological polar surface area (TPSA) is 149 Å². The van der Waals surface area contributed by atoms with Crippen molar-refractivity contribution in [1.29, 1.82) is 0 Å². The quantitative estimate of drug-likeness (QED) is 0.593. The van der Waals surface area contributed by atoms with Crippen LogP contribution >= 0.6 is 11.8 Å². The highest BCUT2D eigenvalue weighted by molar-refractivity contribution is 7.99. The zero-order valence-electron chi connectivity index (χ0n) is 11.6. The maximum atomic E-state index is 13.4. The number of nitrogens with zero attached hydrogens (tertiary/aromatic N) is 3. The molecule has 0 saturated carbocycles. The molecule has 23 heavy (non-hydrogen) atoms. The normalized spacial score (nSPS) is 10.1. The van der Waals surface area contributed by atoms with Crippen molar-refractivity contribution in [3.05, 3.63) is 30.1 Å². The number of aromatic nitrogens is 3. The van der Waals surface area contributed by atoms with Gasteiger partial charge in [-0.05, 0) is 12.1 Å². The third-order valence-corrected chi connectivity index (χ3v) is 3.20. The van der Waals surface area contributed by atoms with Crippen LogP contribution in [0.3, 0.4) is 0 Å². The summed E-state index contributed by atoms with van der Waals surface area (Å²) in [5, 5.41) is 4.42. The maximum Gasteiger partial charge on any atom is 0.325 e. The monoisotopic (exact) mass is 337 g/mol. The van der Waals surface area contributed by atoms with Gasteiger partial charge in [-0.3, -0.25) is 10.1 Å². The summed E-state index contributed by atoms with van der Waals surface area (Å²) in [6.45, 7) is 0. The van der Waals surface area contributed by atoms with Crippen LogP contribution in [-0.4, -0.2) is 32.6 Å². The van der Waals surface area contributed by atoms with Gasteiger partial charge in [-0.25, -0.2) is 9.18 Å². The van der Waals surface area contributed by atoms with Gasteiger partial charge in [-0.15, -0.1) is 0 Å². The van der Waals surface area contributed by atoms with E-state index in [2.05, 4.69) is 20.3 Å². The molecule has 0 unspecified atom stereocenters. The number of para-hydroxylation sites is 1. The van der Waals surface area contributed by atoms with E-state index in [4.69, 9.17) is 11.5 Å². The lowest BCUT2D eigenvalue weighted by Gasteiger charge is -2.07. The van der Waals surface area contributed by atoms with E-state index >= 15 is 0 Å². The Labute approximate surface area is 134 Å². The molecule has 120 valence electrons. The summed E-state index contributed by atoms with van der Waals surface area (Å²) in [5.74, 6) is -1.54. The molecular weight excluding hydrogens is 325 g/mol. The number of rotatable bonds is 4. The number of imide groups is 1. The van der Waals surface area contributed by atoms with Crippen molar-refractivity contribution in [3.8, 4) is 0 Å². The molecule has 1 aromatic carbocycles. The van der Waals surface area contributed by atoms with Crippen LogP contribution in [0.2, 0.25) is 0 Å². The van der Waals surface area contributed by atoms with Crippen LogP contribution in [0.5, 0.6) is 0 Å². The fourth-order valence-corrected chi connectivity index (χ4v) is 2.11. The SMILES string of the molecule is Nc1nc(N)nc(SCC(=O)NC(=O)Nc2ccccc2F)n1. The van der Waals surface area contributed by atoms with Gasteiger partial charge in [0.1, 0.15) is 5.82 Å².